The van der Waals surface area contributed by atoms with Gasteiger partial charge in [0.05, 0.1) is 6.04 Å². The number of hydrogen-bond acceptors (Lipinski definition) is 4. The Morgan fingerprint density at radius 1 is 1.25 bits per heavy atom. The Morgan fingerprint density at radius 2 is 1.90 bits per heavy atom. The molecule has 0 aromatic heterocycles. The van der Waals surface area contributed by atoms with Crippen LogP contribution in [-0.4, -0.2) is 61.5 Å². The summed E-state index contributed by atoms with van der Waals surface area (Å²) in [5.41, 5.74) is 7.18. The van der Waals surface area contributed by atoms with E-state index in [1.54, 1.807) is 0 Å². The van der Waals surface area contributed by atoms with Gasteiger partial charge in [-0.3, -0.25) is 4.79 Å². The lowest BCUT2D eigenvalue weighted by Gasteiger charge is -2.33. The Morgan fingerprint density at radius 3 is 2.55 bits per heavy atom. The van der Waals surface area contributed by atoms with Crippen molar-refractivity contribution in [2.75, 3.05) is 39.8 Å². The minimum Gasteiger partial charge on any atom is -0.339 e. The van der Waals surface area contributed by atoms with Gasteiger partial charge in [0.25, 0.3) is 0 Å². The van der Waals surface area contributed by atoms with E-state index in [0.29, 0.717) is 6.54 Å². The van der Waals surface area contributed by atoms with E-state index in [0.717, 1.165) is 32.7 Å². The predicted octanol–water partition coefficient (Wildman–Crippen LogP) is -0.122. The Balaban J connectivity index is 1.71. The van der Waals surface area contributed by atoms with E-state index in [1.807, 2.05) is 23.1 Å². The molecule has 0 spiro atoms. The molecule has 0 unspecified atom stereocenters. The Bertz CT molecular complexity index is 415. The van der Waals surface area contributed by atoms with Crippen molar-refractivity contribution in [3.8, 4) is 0 Å². The molecule has 1 heterocycles. The van der Waals surface area contributed by atoms with Crippen molar-refractivity contribution in [1.82, 2.24) is 15.1 Å². The highest BCUT2D eigenvalue weighted by Crippen LogP contribution is 2.02. The first-order valence-electron chi connectivity index (χ1n) is 7.14. The largest absolute Gasteiger partial charge is 0.339 e. The van der Waals surface area contributed by atoms with Crippen LogP contribution in [0.1, 0.15) is 5.56 Å². The molecule has 0 bridgehead atoms. The van der Waals surface area contributed by atoms with Crippen LogP contribution in [0.5, 0.6) is 0 Å². The van der Waals surface area contributed by atoms with Crippen molar-refractivity contribution in [1.29, 1.82) is 0 Å². The fourth-order valence-electron chi connectivity index (χ4n) is 2.32. The number of nitrogens with one attached hydrogen (secondary N) is 1. The van der Waals surface area contributed by atoms with E-state index in [9.17, 15) is 4.79 Å². The van der Waals surface area contributed by atoms with Gasteiger partial charge in [-0.15, -0.1) is 0 Å². The van der Waals surface area contributed by atoms with Crippen LogP contribution < -0.4 is 11.1 Å². The number of amides is 1. The zero-order chi connectivity index (χ0) is 14.4. The van der Waals surface area contributed by atoms with Gasteiger partial charge < -0.3 is 20.9 Å². The van der Waals surface area contributed by atoms with Crippen LogP contribution in [0.15, 0.2) is 30.3 Å². The van der Waals surface area contributed by atoms with Gasteiger partial charge in [0.1, 0.15) is 0 Å². The molecule has 5 nitrogen and oxygen atoms in total. The maximum absolute atomic E-state index is 12.2. The fourth-order valence-corrected chi connectivity index (χ4v) is 2.32. The average molecular weight is 276 g/mol. The van der Waals surface area contributed by atoms with E-state index >= 15 is 0 Å². The normalized spacial score (nSPS) is 18.0. The van der Waals surface area contributed by atoms with Crippen LogP contribution in [0.2, 0.25) is 0 Å². The number of rotatable bonds is 5. The van der Waals surface area contributed by atoms with E-state index in [4.69, 9.17) is 5.73 Å². The van der Waals surface area contributed by atoms with Crippen molar-refractivity contribution in [2.24, 2.45) is 5.73 Å². The minimum absolute atomic E-state index is 0.0543. The lowest BCUT2D eigenvalue weighted by molar-refractivity contribution is -0.134. The summed E-state index contributed by atoms with van der Waals surface area (Å²) >= 11 is 0. The fraction of sp³-hybridized carbons (Fsp3) is 0.533. The van der Waals surface area contributed by atoms with Gasteiger partial charge in [-0.05, 0) is 12.6 Å². The highest BCUT2D eigenvalue weighted by atomic mass is 16.2. The second kappa shape index (κ2) is 7.38. The molecule has 1 aliphatic heterocycles. The SMILES string of the molecule is CN1CCN(C(=O)[C@H](N)CNCc2ccccc2)CC1. The molecule has 3 N–H and O–H groups in total. The average Bonchev–Trinajstić information content (AvgIpc) is 2.48. The lowest BCUT2D eigenvalue weighted by atomic mass is 10.2. The zero-order valence-electron chi connectivity index (χ0n) is 12.1. The summed E-state index contributed by atoms with van der Waals surface area (Å²) in [6.07, 6.45) is 0. The summed E-state index contributed by atoms with van der Waals surface area (Å²) in [5.74, 6) is 0.0543. The molecule has 5 heteroatoms. The molecule has 0 aliphatic carbocycles. The van der Waals surface area contributed by atoms with Crippen LogP contribution in [0, 0.1) is 0 Å². The zero-order valence-corrected chi connectivity index (χ0v) is 12.1. The molecule has 1 aromatic rings. The number of likely N-dealkylation sites (N-methyl/N-ethyl adjacent to an activating group) is 1. The van der Waals surface area contributed by atoms with Crippen LogP contribution >= 0.6 is 0 Å². The molecular weight excluding hydrogens is 252 g/mol. The van der Waals surface area contributed by atoms with Crippen molar-refractivity contribution >= 4 is 5.91 Å². The molecule has 1 amide bonds. The first-order chi connectivity index (χ1) is 9.66. The molecule has 2 rings (SSSR count). The smallest absolute Gasteiger partial charge is 0.240 e. The third-order valence-corrected chi connectivity index (χ3v) is 3.67. The summed E-state index contributed by atoms with van der Waals surface area (Å²) in [6.45, 7) is 4.67. The number of hydrogen-bond donors (Lipinski definition) is 2. The van der Waals surface area contributed by atoms with E-state index in [2.05, 4.69) is 29.4 Å². The molecule has 0 radical (unpaired) electrons. The van der Waals surface area contributed by atoms with Crippen molar-refractivity contribution < 1.29 is 4.79 Å². The highest BCUT2D eigenvalue weighted by Gasteiger charge is 2.23. The number of nitrogens with two attached hydrogens (primary N) is 1. The monoisotopic (exact) mass is 276 g/mol. The van der Waals surface area contributed by atoms with Crippen LogP contribution in [0.3, 0.4) is 0 Å². The number of carbonyl (C=O) groups excluding carboxylic acids is 1. The molecular formula is C15H24N4O. The van der Waals surface area contributed by atoms with Crippen LogP contribution in [0.4, 0.5) is 0 Å². The number of piperazine rings is 1. The molecule has 1 aromatic carbocycles. The van der Waals surface area contributed by atoms with Gasteiger partial charge in [0.2, 0.25) is 5.91 Å². The quantitative estimate of drug-likeness (QED) is 0.787. The van der Waals surface area contributed by atoms with Gasteiger partial charge >= 0.3 is 0 Å². The standard InChI is InChI=1S/C15H24N4O/c1-18-7-9-19(10-8-18)15(20)14(16)12-17-11-13-5-3-2-4-6-13/h2-6,14,17H,7-12,16H2,1H3/t14-/m1/s1. The Hall–Kier alpha value is -1.43. The first-order valence-corrected chi connectivity index (χ1v) is 7.14. The van der Waals surface area contributed by atoms with E-state index < -0.39 is 6.04 Å². The predicted molar refractivity (Wildman–Crippen MR) is 80.2 cm³/mol. The second-order valence-corrected chi connectivity index (χ2v) is 5.35. The summed E-state index contributed by atoms with van der Waals surface area (Å²) in [5, 5.41) is 3.25. The number of nitrogens with zero attached hydrogens (tertiary/aromatic N) is 2. The van der Waals surface area contributed by atoms with Gasteiger partial charge in [-0.2, -0.15) is 0 Å². The third-order valence-electron chi connectivity index (χ3n) is 3.67. The molecule has 1 atom stereocenters. The van der Waals surface area contributed by atoms with Crippen molar-refractivity contribution in [2.45, 2.75) is 12.6 Å². The van der Waals surface area contributed by atoms with E-state index in [1.165, 1.54) is 5.56 Å². The highest BCUT2D eigenvalue weighted by molar-refractivity contribution is 5.82. The van der Waals surface area contributed by atoms with Crippen LogP contribution in [0.25, 0.3) is 0 Å². The number of carbonyl (C=O) groups is 1. The third kappa shape index (κ3) is 4.30. The molecule has 1 saturated heterocycles. The summed E-state index contributed by atoms with van der Waals surface area (Å²) in [7, 11) is 2.07. The van der Waals surface area contributed by atoms with Gasteiger partial charge in [-0.1, -0.05) is 30.3 Å². The topological polar surface area (TPSA) is 61.6 Å². The second-order valence-electron chi connectivity index (χ2n) is 5.35. The summed E-state index contributed by atoms with van der Waals surface area (Å²) in [6, 6.07) is 9.66. The van der Waals surface area contributed by atoms with E-state index in [-0.39, 0.29) is 5.91 Å². The Labute approximate surface area is 120 Å². The minimum atomic E-state index is -0.456. The lowest BCUT2D eigenvalue weighted by Crippen LogP contribution is -2.54. The maximum Gasteiger partial charge on any atom is 0.240 e. The van der Waals surface area contributed by atoms with Crippen LogP contribution in [-0.2, 0) is 11.3 Å². The molecule has 110 valence electrons. The van der Waals surface area contributed by atoms with Crippen molar-refractivity contribution in [3.05, 3.63) is 35.9 Å². The molecule has 1 fully saturated rings. The van der Waals surface area contributed by atoms with Gasteiger partial charge in [0.15, 0.2) is 0 Å². The maximum atomic E-state index is 12.2. The first kappa shape index (κ1) is 15.0. The summed E-state index contributed by atoms with van der Waals surface area (Å²) in [4.78, 5) is 16.3. The molecule has 20 heavy (non-hydrogen) atoms. The van der Waals surface area contributed by atoms with Gasteiger partial charge in [-0.25, -0.2) is 0 Å². The summed E-state index contributed by atoms with van der Waals surface area (Å²) < 4.78 is 0. The number of benzene rings is 1. The molecule has 0 saturated carbocycles. The van der Waals surface area contributed by atoms with Gasteiger partial charge in [0, 0.05) is 39.3 Å². The Kier molecular flexibility index (Phi) is 5.52. The molecule has 1 aliphatic rings. The van der Waals surface area contributed by atoms with Crippen molar-refractivity contribution in [3.63, 3.8) is 0 Å².